The fourth-order valence-electron chi connectivity index (χ4n) is 3.15. The molecule has 1 aromatic heterocycles. The number of benzene rings is 1. The number of hydrogen-bond donors (Lipinski definition) is 0. The van der Waals surface area contributed by atoms with Gasteiger partial charge in [0.15, 0.2) is 5.58 Å². The van der Waals surface area contributed by atoms with Gasteiger partial charge in [-0.15, -0.1) is 0 Å². The first-order valence-electron chi connectivity index (χ1n) is 8.31. The number of rotatable bonds is 3. The maximum Gasteiger partial charge on any atom is 0.320 e. The van der Waals surface area contributed by atoms with Crippen LogP contribution in [0, 0.1) is 0 Å². The Labute approximate surface area is 150 Å². The number of likely N-dealkylation sites (tertiary alicyclic amines) is 1. The van der Waals surface area contributed by atoms with Crippen molar-refractivity contribution in [2.75, 3.05) is 19.6 Å². The van der Waals surface area contributed by atoms with Crippen LogP contribution in [0.4, 0.5) is 0 Å². The maximum absolute atomic E-state index is 11.9. The van der Waals surface area contributed by atoms with Crippen molar-refractivity contribution >= 4 is 32.9 Å². The van der Waals surface area contributed by atoms with Gasteiger partial charge in [-0.25, -0.2) is 0 Å². The first kappa shape index (κ1) is 17.4. The van der Waals surface area contributed by atoms with Crippen LogP contribution < -0.4 is 0 Å². The Morgan fingerprint density at radius 2 is 2.08 bits per heavy atom. The van der Waals surface area contributed by atoms with Crippen LogP contribution in [0.15, 0.2) is 27.2 Å². The molecule has 1 fully saturated rings. The van der Waals surface area contributed by atoms with E-state index in [-0.39, 0.29) is 5.97 Å². The molecule has 0 atom stereocenters. The highest BCUT2D eigenvalue weighted by Gasteiger charge is 2.27. The fourth-order valence-corrected chi connectivity index (χ4v) is 3.49. The number of hydrogen-bond acceptors (Lipinski definition) is 5. The number of carbonyl (C=O) groups is 1. The van der Waals surface area contributed by atoms with Crippen LogP contribution >= 0.6 is 15.9 Å². The smallest absolute Gasteiger partial charge is 0.320 e. The number of aromatic nitrogens is 1. The summed E-state index contributed by atoms with van der Waals surface area (Å²) in [5.74, 6) is 0.222. The minimum atomic E-state index is -0.427. The van der Waals surface area contributed by atoms with E-state index in [1.807, 2.05) is 32.9 Å². The monoisotopic (exact) mass is 394 g/mol. The van der Waals surface area contributed by atoms with Crippen LogP contribution in [-0.4, -0.2) is 41.3 Å². The molecule has 2 aromatic rings. The van der Waals surface area contributed by atoms with Crippen LogP contribution in [0.5, 0.6) is 0 Å². The number of piperidine rings is 1. The van der Waals surface area contributed by atoms with E-state index in [4.69, 9.17) is 9.26 Å². The summed E-state index contributed by atoms with van der Waals surface area (Å²) in [7, 11) is 0. The second kappa shape index (κ2) is 6.84. The van der Waals surface area contributed by atoms with Crippen molar-refractivity contribution < 1.29 is 14.1 Å². The van der Waals surface area contributed by atoms with Gasteiger partial charge in [0, 0.05) is 15.8 Å². The summed E-state index contributed by atoms with van der Waals surface area (Å²) in [6.45, 7) is 7.78. The molecule has 0 radical (unpaired) electrons. The molecule has 0 unspecified atom stereocenters. The molecule has 0 amide bonds. The molecular weight excluding hydrogens is 372 g/mol. The van der Waals surface area contributed by atoms with Crippen molar-refractivity contribution in [1.29, 1.82) is 0 Å². The second-order valence-electron chi connectivity index (χ2n) is 7.35. The molecule has 1 saturated heterocycles. The lowest BCUT2D eigenvalue weighted by atomic mass is 9.91. The first-order chi connectivity index (χ1) is 11.3. The van der Waals surface area contributed by atoms with Gasteiger partial charge in [0.05, 0.1) is 12.2 Å². The Hall–Kier alpha value is -1.40. The van der Waals surface area contributed by atoms with Crippen molar-refractivity contribution in [3.05, 3.63) is 28.4 Å². The van der Waals surface area contributed by atoms with Gasteiger partial charge in [-0.3, -0.25) is 9.69 Å². The van der Waals surface area contributed by atoms with Crippen molar-refractivity contribution in [3.63, 3.8) is 0 Å². The molecule has 5 nitrogen and oxygen atoms in total. The minimum Gasteiger partial charge on any atom is -0.459 e. The summed E-state index contributed by atoms with van der Waals surface area (Å²) in [5, 5.41) is 5.38. The third-order valence-corrected chi connectivity index (χ3v) is 4.70. The molecule has 0 saturated carbocycles. The zero-order valence-corrected chi connectivity index (χ0v) is 15.9. The number of halogens is 1. The zero-order valence-electron chi connectivity index (χ0n) is 14.3. The van der Waals surface area contributed by atoms with E-state index in [2.05, 4.69) is 32.1 Å². The molecule has 1 aromatic carbocycles. The SMILES string of the molecule is CC(C)(C)OC(=O)CN1CCC(c2noc3cc(Br)ccc23)CC1. The average Bonchev–Trinajstić information content (AvgIpc) is 2.89. The molecule has 24 heavy (non-hydrogen) atoms. The standard InChI is InChI=1S/C18H23BrN2O3/c1-18(2,3)23-16(22)11-21-8-6-12(7-9-21)17-14-5-4-13(19)10-15(14)24-20-17/h4-5,10,12H,6-9,11H2,1-3H3. The van der Waals surface area contributed by atoms with Crippen LogP contribution in [0.1, 0.15) is 45.2 Å². The quantitative estimate of drug-likeness (QED) is 0.733. The van der Waals surface area contributed by atoms with Gasteiger partial charge in [0.25, 0.3) is 0 Å². The molecular formula is C18H23BrN2O3. The largest absolute Gasteiger partial charge is 0.459 e. The van der Waals surface area contributed by atoms with Gasteiger partial charge in [0.2, 0.25) is 0 Å². The molecule has 2 heterocycles. The van der Waals surface area contributed by atoms with Gasteiger partial charge >= 0.3 is 5.97 Å². The van der Waals surface area contributed by atoms with E-state index >= 15 is 0 Å². The number of fused-ring (bicyclic) bond motifs is 1. The highest BCUT2D eigenvalue weighted by atomic mass is 79.9. The molecule has 0 bridgehead atoms. The highest BCUT2D eigenvalue weighted by molar-refractivity contribution is 9.10. The normalized spacial score (nSPS) is 17.3. The Morgan fingerprint density at radius 3 is 2.75 bits per heavy atom. The summed E-state index contributed by atoms with van der Waals surface area (Å²) in [6.07, 6.45) is 1.95. The predicted octanol–water partition coefficient (Wildman–Crippen LogP) is 4.11. The lowest BCUT2D eigenvalue weighted by molar-refractivity contribution is -0.156. The summed E-state index contributed by atoms with van der Waals surface area (Å²) >= 11 is 3.45. The number of nitrogens with zero attached hydrogens (tertiary/aromatic N) is 2. The summed E-state index contributed by atoms with van der Waals surface area (Å²) in [4.78, 5) is 14.1. The molecule has 130 valence electrons. The van der Waals surface area contributed by atoms with Gasteiger partial charge in [0.1, 0.15) is 5.60 Å². The maximum atomic E-state index is 11.9. The van der Waals surface area contributed by atoms with Gasteiger partial charge < -0.3 is 9.26 Å². The van der Waals surface area contributed by atoms with E-state index < -0.39 is 5.60 Å². The van der Waals surface area contributed by atoms with Crippen LogP contribution in [0.25, 0.3) is 11.0 Å². The third-order valence-electron chi connectivity index (χ3n) is 4.21. The van der Waals surface area contributed by atoms with Gasteiger partial charge in [-0.1, -0.05) is 21.1 Å². The topological polar surface area (TPSA) is 55.6 Å². The molecule has 0 aliphatic carbocycles. The number of carbonyl (C=O) groups excluding carboxylic acids is 1. The van der Waals surface area contributed by atoms with Crippen LogP contribution in [0.2, 0.25) is 0 Å². The zero-order chi connectivity index (χ0) is 17.3. The van der Waals surface area contributed by atoms with Gasteiger partial charge in [-0.05, 0) is 64.9 Å². The Kier molecular flexibility index (Phi) is 4.97. The van der Waals surface area contributed by atoms with Crippen molar-refractivity contribution in [3.8, 4) is 0 Å². The van der Waals surface area contributed by atoms with E-state index in [0.717, 1.165) is 47.1 Å². The molecule has 6 heteroatoms. The first-order valence-corrected chi connectivity index (χ1v) is 9.10. The van der Waals surface area contributed by atoms with E-state index in [1.54, 1.807) is 0 Å². The fraction of sp³-hybridized carbons (Fsp3) is 0.556. The lowest BCUT2D eigenvalue weighted by Gasteiger charge is -2.31. The second-order valence-corrected chi connectivity index (χ2v) is 8.26. The molecule has 0 spiro atoms. The number of esters is 1. The number of ether oxygens (including phenoxy) is 1. The van der Waals surface area contributed by atoms with Crippen molar-refractivity contribution in [2.45, 2.75) is 45.1 Å². The third kappa shape index (κ3) is 4.16. The molecule has 3 rings (SSSR count). The Bertz CT molecular complexity index is 727. The average molecular weight is 395 g/mol. The van der Waals surface area contributed by atoms with Crippen molar-refractivity contribution in [1.82, 2.24) is 10.1 Å². The van der Waals surface area contributed by atoms with Crippen molar-refractivity contribution in [2.24, 2.45) is 0 Å². The minimum absolute atomic E-state index is 0.155. The summed E-state index contributed by atoms with van der Waals surface area (Å²) in [6, 6.07) is 6.02. The lowest BCUT2D eigenvalue weighted by Crippen LogP contribution is -2.39. The van der Waals surface area contributed by atoms with Crippen LogP contribution in [0.3, 0.4) is 0 Å². The summed E-state index contributed by atoms with van der Waals surface area (Å²) < 4.78 is 11.8. The highest BCUT2D eigenvalue weighted by Crippen LogP contribution is 2.33. The Morgan fingerprint density at radius 1 is 1.38 bits per heavy atom. The van der Waals surface area contributed by atoms with Gasteiger partial charge in [-0.2, -0.15) is 0 Å². The molecule has 1 aliphatic heterocycles. The molecule has 0 N–H and O–H groups in total. The van der Waals surface area contributed by atoms with E-state index in [9.17, 15) is 4.79 Å². The summed E-state index contributed by atoms with van der Waals surface area (Å²) in [5.41, 5.74) is 1.42. The van der Waals surface area contributed by atoms with E-state index in [0.29, 0.717) is 12.5 Å². The van der Waals surface area contributed by atoms with Crippen LogP contribution in [-0.2, 0) is 9.53 Å². The van der Waals surface area contributed by atoms with E-state index in [1.165, 1.54) is 0 Å². The molecule has 1 aliphatic rings. The Balaban J connectivity index is 1.59. The predicted molar refractivity (Wildman–Crippen MR) is 96.0 cm³/mol.